The van der Waals surface area contributed by atoms with Crippen molar-refractivity contribution < 1.29 is 13.2 Å². The SMILES string of the molecule is CCNC(=S)Nc1cc(S(=O)(=O)N2CCOCC2)ccc1N1CCCCCC1. The van der Waals surface area contributed by atoms with E-state index in [0.29, 0.717) is 38.0 Å². The quantitative estimate of drug-likeness (QED) is 0.701. The van der Waals surface area contributed by atoms with Gasteiger partial charge >= 0.3 is 0 Å². The first-order valence-electron chi connectivity index (χ1n) is 10.0. The summed E-state index contributed by atoms with van der Waals surface area (Å²) in [5.41, 5.74) is 1.74. The molecule has 7 nitrogen and oxygen atoms in total. The fraction of sp³-hybridized carbons (Fsp3) is 0.632. The van der Waals surface area contributed by atoms with E-state index < -0.39 is 10.0 Å². The third-order valence-electron chi connectivity index (χ3n) is 5.11. The molecule has 0 aliphatic carbocycles. The molecule has 2 heterocycles. The number of nitrogens with zero attached hydrogens (tertiary/aromatic N) is 2. The molecule has 2 fully saturated rings. The summed E-state index contributed by atoms with van der Waals surface area (Å²) in [7, 11) is -3.56. The highest BCUT2D eigenvalue weighted by Gasteiger charge is 2.27. The minimum Gasteiger partial charge on any atom is -0.379 e. The Morgan fingerprint density at radius 3 is 2.43 bits per heavy atom. The first kappa shape index (κ1) is 21.3. The molecule has 0 radical (unpaired) electrons. The third kappa shape index (κ3) is 5.14. The van der Waals surface area contributed by atoms with Crippen LogP contribution in [0.2, 0.25) is 0 Å². The van der Waals surface area contributed by atoms with Gasteiger partial charge in [0, 0.05) is 32.7 Å². The van der Waals surface area contributed by atoms with Gasteiger partial charge in [-0.25, -0.2) is 8.42 Å². The minimum absolute atomic E-state index is 0.287. The molecule has 3 rings (SSSR count). The van der Waals surface area contributed by atoms with Crippen LogP contribution in [0.1, 0.15) is 32.6 Å². The highest BCUT2D eigenvalue weighted by Crippen LogP contribution is 2.32. The summed E-state index contributed by atoms with van der Waals surface area (Å²) >= 11 is 5.37. The summed E-state index contributed by atoms with van der Waals surface area (Å²) in [5, 5.41) is 6.80. The lowest BCUT2D eigenvalue weighted by Gasteiger charge is -2.28. The number of morpholine rings is 1. The smallest absolute Gasteiger partial charge is 0.243 e. The lowest BCUT2D eigenvalue weighted by molar-refractivity contribution is 0.0730. The number of sulfonamides is 1. The molecule has 2 N–H and O–H groups in total. The van der Waals surface area contributed by atoms with E-state index in [2.05, 4.69) is 15.5 Å². The number of benzene rings is 1. The zero-order chi connectivity index (χ0) is 20.0. The van der Waals surface area contributed by atoms with Gasteiger partial charge in [0.15, 0.2) is 5.11 Å². The molecule has 28 heavy (non-hydrogen) atoms. The summed E-state index contributed by atoms with van der Waals surface area (Å²) in [4.78, 5) is 2.62. The van der Waals surface area contributed by atoms with Gasteiger partial charge in [0.05, 0.1) is 29.5 Å². The van der Waals surface area contributed by atoms with Crippen molar-refractivity contribution in [3.05, 3.63) is 18.2 Å². The third-order valence-corrected chi connectivity index (χ3v) is 7.25. The standard InChI is InChI=1S/C19H30N4O3S2/c1-2-20-19(27)21-17-15-16(28(24,25)23-11-13-26-14-12-23)7-8-18(17)22-9-5-3-4-6-10-22/h7-8,15H,2-6,9-14H2,1H3,(H2,20,21,27). The zero-order valence-electron chi connectivity index (χ0n) is 16.4. The monoisotopic (exact) mass is 426 g/mol. The molecular formula is C19H30N4O3S2. The molecule has 0 saturated carbocycles. The van der Waals surface area contributed by atoms with Gasteiger partial charge in [0.1, 0.15) is 0 Å². The van der Waals surface area contributed by atoms with Crippen molar-refractivity contribution in [3.63, 3.8) is 0 Å². The van der Waals surface area contributed by atoms with E-state index >= 15 is 0 Å². The Kier molecular flexibility index (Phi) is 7.50. The van der Waals surface area contributed by atoms with Crippen LogP contribution in [0.4, 0.5) is 11.4 Å². The highest BCUT2D eigenvalue weighted by atomic mass is 32.2. The maximum atomic E-state index is 13.1. The zero-order valence-corrected chi connectivity index (χ0v) is 18.1. The summed E-state index contributed by atoms with van der Waals surface area (Å²) in [6, 6.07) is 5.34. The van der Waals surface area contributed by atoms with Gasteiger partial charge in [0.25, 0.3) is 0 Å². The number of ether oxygens (including phenoxy) is 1. The molecule has 0 bridgehead atoms. The number of hydrogen-bond acceptors (Lipinski definition) is 5. The first-order valence-corrected chi connectivity index (χ1v) is 11.9. The van der Waals surface area contributed by atoms with Gasteiger partial charge in [-0.3, -0.25) is 0 Å². The molecule has 0 atom stereocenters. The Morgan fingerprint density at radius 1 is 1.11 bits per heavy atom. The van der Waals surface area contributed by atoms with E-state index in [1.54, 1.807) is 12.1 Å². The number of nitrogens with one attached hydrogen (secondary N) is 2. The van der Waals surface area contributed by atoms with Gasteiger partial charge in [-0.2, -0.15) is 4.31 Å². The molecule has 0 unspecified atom stereocenters. The number of thiocarbonyl (C=S) groups is 1. The molecule has 1 aromatic rings. The van der Waals surface area contributed by atoms with Crippen molar-refractivity contribution in [2.45, 2.75) is 37.5 Å². The van der Waals surface area contributed by atoms with Gasteiger partial charge < -0.3 is 20.3 Å². The van der Waals surface area contributed by atoms with Crippen molar-refractivity contribution in [1.29, 1.82) is 0 Å². The maximum Gasteiger partial charge on any atom is 0.243 e. The molecule has 156 valence electrons. The van der Waals surface area contributed by atoms with Crippen LogP contribution in [0.3, 0.4) is 0 Å². The van der Waals surface area contributed by atoms with Gasteiger partial charge in [-0.1, -0.05) is 12.8 Å². The molecule has 0 amide bonds. The number of rotatable bonds is 5. The second-order valence-electron chi connectivity index (χ2n) is 7.08. The normalized spacial score (nSPS) is 19.1. The Labute approximate surface area is 173 Å². The highest BCUT2D eigenvalue weighted by molar-refractivity contribution is 7.89. The second kappa shape index (κ2) is 9.87. The van der Waals surface area contributed by atoms with Crippen LogP contribution in [-0.2, 0) is 14.8 Å². The lowest BCUT2D eigenvalue weighted by atomic mass is 10.2. The van der Waals surface area contributed by atoms with Crippen molar-refractivity contribution in [2.75, 3.05) is 56.2 Å². The van der Waals surface area contributed by atoms with Gasteiger partial charge in [0.2, 0.25) is 10.0 Å². The van der Waals surface area contributed by atoms with Crippen LogP contribution in [0.5, 0.6) is 0 Å². The van der Waals surface area contributed by atoms with Crippen molar-refractivity contribution >= 4 is 38.7 Å². The maximum absolute atomic E-state index is 13.1. The Hall–Kier alpha value is -1.42. The topological polar surface area (TPSA) is 73.9 Å². The fourth-order valence-electron chi connectivity index (χ4n) is 3.63. The number of anilines is 2. The minimum atomic E-state index is -3.56. The van der Waals surface area contributed by atoms with Gasteiger partial charge in [-0.15, -0.1) is 0 Å². The van der Waals surface area contributed by atoms with Crippen molar-refractivity contribution in [1.82, 2.24) is 9.62 Å². The molecule has 2 aliphatic heterocycles. The average molecular weight is 427 g/mol. The molecule has 0 aromatic heterocycles. The molecule has 9 heteroatoms. The Balaban J connectivity index is 1.93. The molecular weight excluding hydrogens is 396 g/mol. The van der Waals surface area contributed by atoms with Crippen LogP contribution >= 0.6 is 12.2 Å². The predicted molar refractivity (Wildman–Crippen MR) is 117 cm³/mol. The van der Waals surface area contributed by atoms with E-state index in [4.69, 9.17) is 17.0 Å². The van der Waals surface area contributed by atoms with E-state index in [9.17, 15) is 8.42 Å². The predicted octanol–water partition coefficient (Wildman–Crippen LogP) is 2.39. The number of hydrogen-bond donors (Lipinski definition) is 2. The molecule has 1 aromatic carbocycles. The summed E-state index contributed by atoms with van der Waals surface area (Å²) in [5.74, 6) is 0. The van der Waals surface area contributed by atoms with Crippen LogP contribution in [0, 0.1) is 0 Å². The largest absolute Gasteiger partial charge is 0.379 e. The van der Waals surface area contributed by atoms with E-state index in [-0.39, 0.29) is 4.90 Å². The van der Waals surface area contributed by atoms with Crippen LogP contribution in [-0.4, -0.2) is 63.8 Å². The van der Waals surface area contributed by atoms with E-state index in [0.717, 1.165) is 37.3 Å². The first-order chi connectivity index (χ1) is 13.5. The average Bonchev–Trinajstić information content (AvgIpc) is 2.98. The summed E-state index contributed by atoms with van der Waals surface area (Å²) < 4.78 is 32.9. The van der Waals surface area contributed by atoms with Crippen molar-refractivity contribution in [2.24, 2.45) is 0 Å². The molecule has 2 aliphatic rings. The fourth-order valence-corrected chi connectivity index (χ4v) is 5.32. The van der Waals surface area contributed by atoms with Crippen LogP contribution < -0.4 is 15.5 Å². The van der Waals surface area contributed by atoms with Crippen molar-refractivity contribution in [3.8, 4) is 0 Å². The second-order valence-corrected chi connectivity index (χ2v) is 9.43. The van der Waals surface area contributed by atoms with Gasteiger partial charge in [-0.05, 0) is 50.2 Å². The Morgan fingerprint density at radius 2 is 1.79 bits per heavy atom. The summed E-state index contributed by atoms with van der Waals surface area (Å²) in [6.45, 7) is 6.25. The van der Waals surface area contributed by atoms with E-state index in [1.165, 1.54) is 17.1 Å². The lowest BCUT2D eigenvalue weighted by Crippen LogP contribution is -2.40. The molecule has 2 saturated heterocycles. The van der Waals surface area contributed by atoms with Crippen LogP contribution in [0.25, 0.3) is 0 Å². The summed E-state index contributed by atoms with van der Waals surface area (Å²) in [6.07, 6.45) is 4.76. The van der Waals surface area contributed by atoms with E-state index in [1.807, 2.05) is 13.0 Å². The molecule has 0 spiro atoms. The Bertz CT molecular complexity index is 771. The van der Waals surface area contributed by atoms with Crippen LogP contribution in [0.15, 0.2) is 23.1 Å².